The van der Waals surface area contributed by atoms with Gasteiger partial charge in [-0.1, -0.05) is 25.6 Å². The van der Waals surface area contributed by atoms with Crippen molar-refractivity contribution in [2.75, 3.05) is 23.7 Å². The summed E-state index contributed by atoms with van der Waals surface area (Å²) in [6, 6.07) is 6.08. The van der Waals surface area contributed by atoms with Crippen molar-refractivity contribution in [1.82, 2.24) is 14.8 Å². The molecule has 1 aliphatic rings. The molecule has 0 aliphatic carbocycles. The van der Waals surface area contributed by atoms with Crippen LogP contribution in [-0.2, 0) is 6.54 Å². The maximum Gasteiger partial charge on any atom is 0.228 e. The topological polar surface area (TPSA) is 70.9 Å². The molecule has 1 saturated heterocycles. The molecule has 134 valence electrons. The van der Waals surface area contributed by atoms with Crippen LogP contribution in [0.15, 0.2) is 28.0 Å². The lowest BCUT2D eigenvalue weighted by molar-refractivity contribution is 0.350. The van der Waals surface area contributed by atoms with Crippen LogP contribution in [0.2, 0.25) is 0 Å². The summed E-state index contributed by atoms with van der Waals surface area (Å²) in [5.41, 5.74) is 0. The summed E-state index contributed by atoms with van der Waals surface area (Å²) in [4.78, 5) is 2.36. The number of nitriles is 1. The smallest absolute Gasteiger partial charge is 0.228 e. The quantitative estimate of drug-likeness (QED) is 0.553. The van der Waals surface area contributed by atoms with E-state index in [9.17, 15) is 0 Å². The predicted octanol–water partition coefficient (Wildman–Crippen LogP) is 3.80. The van der Waals surface area contributed by atoms with Gasteiger partial charge in [0.1, 0.15) is 5.76 Å². The molecular weight excluding hydrogens is 334 g/mol. The van der Waals surface area contributed by atoms with E-state index in [2.05, 4.69) is 39.6 Å². The van der Waals surface area contributed by atoms with E-state index in [1.165, 1.54) is 6.42 Å². The molecule has 0 bridgehead atoms. The lowest BCUT2D eigenvalue weighted by atomic mass is 9.92. The number of anilines is 1. The molecule has 1 fully saturated rings. The highest BCUT2D eigenvalue weighted by Gasteiger charge is 2.27. The summed E-state index contributed by atoms with van der Waals surface area (Å²) >= 11 is 1.67. The number of furan rings is 1. The number of thioether (sulfide) groups is 1. The second kappa shape index (κ2) is 8.43. The van der Waals surface area contributed by atoms with E-state index in [1.54, 1.807) is 18.0 Å². The standard InChI is InChI=1S/C18H25N5OS/c1-14-10-15(2)12-22(11-14)17-20-21-18(25-9-4-3-7-19)23(17)13-16-6-5-8-24-16/h5-6,8,14-15H,3-4,9-13H2,1-2H3. The Bertz CT molecular complexity index is 696. The van der Waals surface area contributed by atoms with E-state index in [0.29, 0.717) is 24.8 Å². The molecule has 2 atom stereocenters. The van der Waals surface area contributed by atoms with Crippen LogP contribution in [0.4, 0.5) is 5.95 Å². The van der Waals surface area contributed by atoms with Gasteiger partial charge in [-0.05, 0) is 36.8 Å². The van der Waals surface area contributed by atoms with E-state index in [1.807, 2.05) is 12.1 Å². The van der Waals surface area contributed by atoms with Crippen molar-refractivity contribution in [3.05, 3.63) is 24.2 Å². The molecule has 7 heteroatoms. The Kier molecular flexibility index (Phi) is 6.03. The van der Waals surface area contributed by atoms with E-state index in [0.717, 1.165) is 42.1 Å². The molecule has 0 amide bonds. The monoisotopic (exact) mass is 359 g/mol. The molecule has 25 heavy (non-hydrogen) atoms. The van der Waals surface area contributed by atoms with Gasteiger partial charge in [0, 0.05) is 25.3 Å². The fourth-order valence-electron chi connectivity index (χ4n) is 3.46. The molecule has 2 aromatic heterocycles. The molecule has 0 radical (unpaired) electrons. The van der Waals surface area contributed by atoms with Gasteiger partial charge in [0.15, 0.2) is 5.16 Å². The number of hydrogen-bond donors (Lipinski definition) is 0. The van der Waals surface area contributed by atoms with Gasteiger partial charge in [-0.25, -0.2) is 0 Å². The second-order valence-electron chi connectivity index (χ2n) is 6.91. The first kappa shape index (κ1) is 17.9. The van der Waals surface area contributed by atoms with E-state index in [-0.39, 0.29) is 0 Å². The van der Waals surface area contributed by atoms with Crippen LogP contribution in [0, 0.1) is 23.2 Å². The second-order valence-corrected chi connectivity index (χ2v) is 7.97. The van der Waals surface area contributed by atoms with Crippen LogP contribution in [0.25, 0.3) is 0 Å². The fraction of sp³-hybridized carbons (Fsp3) is 0.611. The molecule has 0 N–H and O–H groups in total. The van der Waals surface area contributed by atoms with Gasteiger partial charge in [-0.3, -0.25) is 4.57 Å². The Hall–Kier alpha value is -1.94. The van der Waals surface area contributed by atoms with E-state index in [4.69, 9.17) is 9.68 Å². The zero-order valence-electron chi connectivity index (χ0n) is 14.9. The van der Waals surface area contributed by atoms with E-state index >= 15 is 0 Å². The third kappa shape index (κ3) is 4.57. The number of piperidine rings is 1. The highest BCUT2D eigenvalue weighted by atomic mass is 32.2. The van der Waals surface area contributed by atoms with Crippen molar-refractivity contribution in [1.29, 1.82) is 5.26 Å². The average Bonchev–Trinajstić information content (AvgIpc) is 3.21. The molecular formula is C18H25N5OS. The van der Waals surface area contributed by atoms with Gasteiger partial charge in [0.25, 0.3) is 0 Å². The Morgan fingerprint density at radius 3 is 2.80 bits per heavy atom. The summed E-state index contributed by atoms with van der Waals surface area (Å²) < 4.78 is 7.70. The molecule has 0 spiro atoms. The number of unbranched alkanes of at least 4 members (excludes halogenated alkanes) is 1. The van der Waals surface area contributed by atoms with Crippen molar-refractivity contribution in [2.24, 2.45) is 11.8 Å². The van der Waals surface area contributed by atoms with Crippen LogP contribution >= 0.6 is 11.8 Å². The molecule has 0 aromatic carbocycles. The molecule has 3 rings (SSSR count). The number of rotatable bonds is 7. The lowest BCUT2D eigenvalue weighted by Gasteiger charge is -2.35. The Labute approximate surface area is 153 Å². The van der Waals surface area contributed by atoms with Crippen molar-refractivity contribution in [2.45, 2.75) is 44.8 Å². The predicted molar refractivity (Wildman–Crippen MR) is 98.6 cm³/mol. The van der Waals surface area contributed by atoms with Gasteiger partial charge in [0.05, 0.1) is 18.9 Å². The molecule has 6 nitrogen and oxygen atoms in total. The fourth-order valence-corrected chi connectivity index (χ4v) is 4.33. The molecule has 1 aliphatic heterocycles. The van der Waals surface area contributed by atoms with Gasteiger partial charge < -0.3 is 9.32 Å². The molecule has 0 saturated carbocycles. The first-order valence-corrected chi connectivity index (χ1v) is 9.86. The van der Waals surface area contributed by atoms with Crippen LogP contribution in [0.5, 0.6) is 0 Å². The number of nitrogens with zero attached hydrogens (tertiary/aromatic N) is 5. The zero-order valence-corrected chi connectivity index (χ0v) is 15.7. The summed E-state index contributed by atoms with van der Waals surface area (Å²) in [7, 11) is 0. The minimum absolute atomic E-state index is 0.577. The minimum atomic E-state index is 0.577. The highest BCUT2D eigenvalue weighted by molar-refractivity contribution is 7.99. The van der Waals surface area contributed by atoms with Crippen LogP contribution in [-0.4, -0.2) is 33.6 Å². The Morgan fingerprint density at radius 2 is 2.12 bits per heavy atom. The highest BCUT2D eigenvalue weighted by Crippen LogP contribution is 2.29. The van der Waals surface area contributed by atoms with Crippen LogP contribution in [0.1, 0.15) is 38.9 Å². The van der Waals surface area contributed by atoms with Crippen LogP contribution in [0.3, 0.4) is 0 Å². The number of hydrogen-bond acceptors (Lipinski definition) is 6. The maximum absolute atomic E-state index is 8.70. The normalized spacial score (nSPS) is 20.6. The van der Waals surface area contributed by atoms with Crippen molar-refractivity contribution in [3.8, 4) is 6.07 Å². The Morgan fingerprint density at radius 1 is 1.32 bits per heavy atom. The third-order valence-corrected chi connectivity index (χ3v) is 5.46. The minimum Gasteiger partial charge on any atom is -0.467 e. The van der Waals surface area contributed by atoms with Gasteiger partial charge >= 0.3 is 0 Å². The maximum atomic E-state index is 8.70. The molecule has 3 heterocycles. The van der Waals surface area contributed by atoms with Crippen molar-refractivity contribution >= 4 is 17.7 Å². The molecule has 2 aromatic rings. The number of aromatic nitrogens is 3. The van der Waals surface area contributed by atoms with Crippen molar-refractivity contribution in [3.63, 3.8) is 0 Å². The first-order chi connectivity index (χ1) is 12.2. The summed E-state index contributed by atoms with van der Waals surface area (Å²) in [6.45, 7) is 7.26. The average molecular weight is 359 g/mol. The summed E-state index contributed by atoms with van der Waals surface area (Å²) in [5, 5.41) is 18.5. The van der Waals surface area contributed by atoms with Gasteiger partial charge in [-0.15, -0.1) is 10.2 Å². The largest absolute Gasteiger partial charge is 0.467 e. The van der Waals surface area contributed by atoms with Crippen molar-refractivity contribution < 1.29 is 4.42 Å². The summed E-state index contributed by atoms with van der Waals surface area (Å²) in [5.74, 6) is 4.01. The van der Waals surface area contributed by atoms with Gasteiger partial charge in [0.2, 0.25) is 5.95 Å². The third-order valence-electron chi connectivity index (χ3n) is 4.41. The molecule has 2 unspecified atom stereocenters. The first-order valence-electron chi connectivity index (χ1n) is 8.87. The van der Waals surface area contributed by atoms with Crippen LogP contribution < -0.4 is 4.90 Å². The SMILES string of the molecule is CC1CC(C)CN(c2nnc(SCCCC#N)n2Cc2ccco2)C1. The van der Waals surface area contributed by atoms with E-state index < -0.39 is 0 Å². The lowest BCUT2D eigenvalue weighted by Crippen LogP contribution is -2.40. The zero-order chi connectivity index (χ0) is 17.6. The Balaban J connectivity index is 1.81. The van der Waals surface area contributed by atoms with Gasteiger partial charge in [-0.2, -0.15) is 5.26 Å². The summed E-state index contributed by atoms with van der Waals surface area (Å²) in [6.07, 6.45) is 4.40.